The van der Waals surface area contributed by atoms with E-state index < -0.39 is 0 Å². The van der Waals surface area contributed by atoms with Gasteiger partial charge < -0.3 is 29.0 Å². The van der Waals surface area contributed by atoms with Gasteiger partial charge in [0.25, 0.3) is 0 Å². The number of amides is 1. The summed E-state index contributed by atoms with van der Waals surface area (Å²) in [5.74, 6) is 0.907. The van der Waals surface area contributed by atoms with Crippen molar-refractivity contribution in [2.45, 2.75) is 47.0 Å². The number of Topliss-reactive ketones (excluding diaryl/α,β-unsaturated/α-hetero) is 1. The van der Waals surface area contributed by atoms with E-state index in [9.17, 15) is 9.59 Å². The summed E-state index contributed by atoms with van der Waals surface area (Å²) in [5, 5.41) is 2.84. The number of nitrogens with one attached hydrogen (secondary N) is 1. The molecule has 178 valence electrons. The van der Waals surface area contributed by atoms with E-state index in [0.717, 1.165) is 6.42 Å². The number of carbonyl (C=O) groups is 2. The third-order valence-electron chi connectivity index (χ3n) is 4.14. The maximum Gasteiger partial charge on any atom is 0.220 e. The molecular weight excluding hydrogens is 390 g/mol. The van der Waals surface area contributed by atoms with Crippen LogP contribution in [-0.4, -0.2) is 84.3 Å². The first-order valence-corrected chi connectivity index (χ1v) is 11.1. The Morgan fingerprint density at radius 3 is 1.50 bits per heavy atom. The molecule has 1 N–H and O–H groups in total. The predicted octanol–water partition coefficient (Wildman–Crippen LogP) is 2.24. The molecule has 0 aromatic heterocycles. The quantitative estimate of drug-likeness (QED) is 0.262. The van der Waals surface area contributed by atoms with Gasteiger partial charge in [0.2, 0.25) is 5.91 Å². The lowest BCUT2D eigenvalue weighted by Gasteiger charge is -2.09. The van der Waals surface area contributed by atoms with Crippen LogP contribution in [0.3, 0.4) is 0 Å². The van der Waals surface area contributed by atoms with Crippen LogP contribution in [0, 0.1) is 11.8 Å². The van der Waals surface area contributed by atoms with Gasteiger partial charge in [0.05, 0.1) is 66.1 Å². The molecule has 0 heterocycles. The normalized spacial score (nSPS) is 11.4. The second kappa shape index (κ2) is 21.2. The van der Waals surface area contributed by atoms with Crippen molar-refractivity contribution in [3.05, 3.63) is 0 Å². The summed E-state index contributed by atoms with van der Waals surface area (Å²) < 4.78 is 27.0. The molecule has 0 fully saturated rings. The molecule has 0 aromatic carbocycles. The minimum absolute atomic E-state index is 0.0667. The Hall–Kier alpha value is -1.06. The van der Waals surface area contributed by atoms with Crippen molar-refractivity contribution in [1.29, 1.82) is 0 Å². The maximum absolute atomic E-state index is 11.5. The van der Waals surface area contributed by atoms with Crippen molar-refractivity contribution < 1.29 is 33.3 Å². The van der Waals surface area contributed by atoms with Gasteiger partial charge in [-0.05, 0) is 12.3 Å². The van der Waals surface area contributed by atoms with Gasteiger partial charge in [0, 0.05) is 25.3 Å². The highest BCUT2D eigenvalue weighted by atomic mass is 16.6. The SMILES string of the molecule is CC(C)CCC(=O)NCCOCCOCCOCCOCCOCCC(=O)C(C)C. The number of ketones is 1. The zero-order valence-electron chi connectivity index (χ0n) is 19.4. The molecule has 0 aliphatic rings. The monoisotopic (exact) mass is 433 g/mol. The van der Waals surface area contributed by atoms with Crippen molar-refractivity contribution in [3.8, 4) is 0 Å². The van der Waals surface area contributed by atoms with Crippen molar-refractivity contribution in [2.24, 2.45) is 11.8 Å². The Balaban J connectivity index is 3.15. The van der Waals surface area contributed by atoms with Crippen molar-refractivity contribution in [1.82, 2.24) is 5.32 Å². The Labute approximate surface area is 182 Å². The zero-order valence-corrected chi connectivity index (χ0v) is 19.4. The van der Waals surface area contributed by atoms with Gasteiger partial charge in [-0.25, -0.2) is 0 Å². The maximum atomic E-state index is 11.5. The smallest absolute Gasteiger partial charge is 0.220 e. The topological polar surface area (TPSA) is 92.3 Å². The molecule has 0 bridgehead atoms. The van der Waals surface area contributed by atoms with Crippen molar-refractivity contribution >= 4 is 11.7 Å². The number of ether oxygens (including phenoxy) is 5. The lowest BCUT2D eigenvalue weighted by Crippen LogP contribution is -2.27. The summed E-state index contributed by atoms with van der Waals surface area (Å²) in [7, 11) is 0. The highest BCUT2D eigenvalue weighted by Crippen LogP contribution is 2.02. The van der Waals surface area contributed by atoms with Crippen LogP contribution in [0.2, 0.25) is 0 Å². The Morgan fingerprint density at radius 2 is 1.07 bits per heavy atom. The van der Waals surface area contributed by atoms with Gasteiger partial charge >= 0.3 is 0 Å². The van der Waals surface area contributed by atoms with Crippen molar-refractivity contribution in [3.63, 3.8) is 0 Å². The summed E-state index contributed by atoms with van der Waals surface area (Å²) >= 11 is 0. The Bertz CT molecular complexity index is 416. The summed E-state index contributed by atoms with van der Waals surface area (Å²) in [6.45, 7) is 13.4. The largest absolute Gasteiger partial charge is 0.379 e. The molecule has 30 heavy (non-hydrogen) atoms. The molecule has 8 nitrogen and oxygen atoms in total. The lowest BCUT2D eigenvalue weighted by molar-refractivity contribution is -0.123. The molecule has 0 aromatic rings. The van der Waals surface area contributed by atoms with E-state index in [2.05, 4.69) is 19.2 Å². The van der Waals surface area contributed by atoms with E-state index in [0.29, 0.717) is 91.4 Å². The van der Waals surface area contributed by atoms with Crippen LogP contribution in [0.4, 0.5) is 0 Å². The number of hydrogen-bond acceptors (Lipinski definition) is 7. The summed E-state index contributed by atoms with van der Waals surface area (Å²) in [6, 6.07) is 0. The van der Waals surface area contributed by atoms with Crippen LogP contribution in [0.1, 0.15) is 47.0 Å². The first-order chi connectivity index (χ1) is 14.4. The molecular formula is C22H43NO7. The van der Waals surface area contributed by atoms with E-state index >= 15 is 0 Å². The van der Waals surface area contributed by atoms with Gasteiger partial charge in [0.15, 0.2) is 0 Å². The third-order valence-corrected chi connectivity index (χ3v) is 4.14. The molecule has 0 aliphatic heterocycles. The third kappa shape index (κ3) is 21.6. The Kier molecular flexibility index (Phi) is 20.4. The molecule has 0 radical (unpaired) electrons. The van der Waals surface area contributed by atoms with Crippen LogP contribution < -0.4 is 5.32 Å². The first kappa shape index (κ1) is 28.9. The fourth-order valence-corrected chi connectivity index (χ4v) is 2.21. The van der Waals surface area contributed by atoms with Crippen LogP contribution in [0.25, 0.3) is 0 Å². The van der Waals surface area contributed by atoms with Gasteiger partial charge in [-0.2, -0.15) is 0 Å². The molecule has 0 spiro atoms. The van der Waals surface area contributed by atoms with Crippen molar-refractivity contribution in [2.75, 3.05) is 72.6 Å². The second-order valence-electron chi connectivity index (χ2n) is 7.72. The van der Waals surface area contributed by atoms with E-state index in [1.54, 1.807) is 0 Å². The molecule has 0 saturated heterocycles. The molecule has 0 saturated carbocycles. The zero-order chi connectivity index (χ0) is 22.5. The average molecular weight is 434 g/mol. The summed E-state index contributed by atoms with van der Waals surface area (Å²) in [4.78, 5) is 22.9. The minimum atomic E-state index is 0.0667. The average Bonchev–Trinajstić information content (AvgIpc) is 2.70. The van der Waals surface area contributed by atoms with E-state index in [1.807, 2.05) is 13.8 Å². The molecule has 0 unspecified atom stereocenters. The predicted molar refractivity (Wildman–Crippen MR) is 116 cm³/mol. The molecule has 0 rings (SSSR count). The number of hydrogen-bond donors (Lipinski definition) is 1. The van der Waals surface area contributed by atoms with Crippen LogP contribution >= 0.6 is 0 Å². The molecule has 0 aliphatic carbocycles. The van der Waals surface area contributed by atoms with Crippen LogP contribution in [0.15, 0.2) is 0 Å². The van der Waals surface area contributed by atoms with Gasteiger partial charge in [-0.1, -0.05) is 27.7 Å². The molecule has 1 amide bonds. The molecule has 0 atom stereocenters. The second-order valence-corrected chi connectivity index (χ2v) is 7.72. The fourth-order valence-electron chi connectivity index (χ4n) is 2.21. The molecule has 8 heteroatoms. The van der Waals surface area contributed by atoms with Gasteiger partial charge in [-0.3, -0.25) is 9.59 Å². The number of rotatable bonds is 22. The Morgan fingerprint density at radius 1 is 0.633 bits per heavy atom. The van der Waals surface area contributed by atoms with Gasteiger partial charge in [-0.15, -0.1) is 0 Å². The van der Waals surface area contributed by atoms with E-state index in [-0.39, 0.29) is 17.6 Å². The highest BCUT2D eigenvalue weighted by molar-refractivity contribution is 5.80. The standard InChI is InChI=1S/C22H43NO7/c1-19(2)5-6-22(25)23-8-10-27-12-14-29-16-18-30-17-15-28-13-11-26-9-7-21(24)20(3)4/h19-20H,5-18H2,1-4H3,(H,23,25). The van der Waals surface area contributed by atoms with Crippen LogP contribution in [-0.2, 0) is 33.3 Å². The fraction of sp³-hybridized carbons (Fsp3) is 0.909. The highest BCUT2D eigenvalue weighted by Gasteiger charge is 2.06. The first-order valence-electron chi connectivity index (χ1n) is 11.1. The van der Waals surface area contributed by atoms with E-state index in [4.69, 9.17) is 23.7 Å². The van der Waals surface area contributed by atoms with Crippen LogP contribution in [0.5, 0.6) is 0 Å². The summed E-state index contributed by atoms with van der Waals surface area (Å²) in [5.41, 5.74) is 0. The van der Waals surface area contributed by atoms with Gasteiger partial charge in [0.1, 0.15) is 5.78 Å². The van der Waals surface area contributed by atoms with E-state index in [1.165, 1.54) is 0 Å². The minimum Gasteiger partial charge on any atom is -0.379 e. The lowest BCUT2D eigenvalue weighted by atomic mass is 10.1. The number of carbonyl (C=O) groups excluding carboxylic acids is 2. The summed E-state index contributed by atoms with van der Waals surface area (Å²) in [6.07, 6.45) is 1.94.